The molecule has 92 valence electrons. The monoisotopic (exact) mass is 273 g/mol. The van der Waals surface area contributed by atoms with Crippen LogP contribution < -0.4 is 0 Å². The fourth-order valence-corrected chi connectivity index (χ4v) is 1.72. The Bertz CT molecular complexity index is 429. The molecule has 0 amide bonds. The maximum absolute atomic E-state index is 9.34. The van der Waals surface area contributed by atoms with Crippen LogP contribution >= 0.6 is 23.2 Å². The number of hydrogen-bond donors (Lipinski definition) is 1. The minimum absolute atomic E-state index is 0.377. The van der Waals surface area contributed by atoms with E-state index in [0.29, 0.717) is 15.6 Å². The third-order valence-corrected chi connectivity index (χ3v) is 2.95. The van der Waals surface area contributed by atoms with Crippen molar-refractivity contribution >= 4 is 23.2 Å². The fourth-order valence-electron chi connectivity index (χ4n) is 1.22. The Labute approximate surface area is 111 Å². The van der Waals surface area contributed by atoms with Crippen molar-refractivity contribution in [1.82, 2.24) is 0 Å². The summed E-state index contributed by atoms with van der Waals surface area (Å²) in [5.74, 6) is 0. The van der Waals surface area contributed by atoms with E-state index in [4.69, 9.17) is 33.2 Å². The third-order valence-electron chi connectivity index (χ3n) is 2.39. The van der Waals surface area contributed by atoms with Gasteiger partial charge in [-0.15, -0.1) is 0 Å². The molecule has 0 spiro atoms. The lowest BCUT2D eigenvalue weighted by Gasteiger charge is -2.20. The molecular formula is C12H13Cl2NO2. The summed E-state index contributed by atoms with van der Waals surface area (Å²) >= 11 is 11.8. The standard InChI is InChI=1S/C12H13Cl2NO2/c1-7(16)8(2)17-12(6-15)10-4-3-9(13)5-11(10)14/h3-5,7-8,12,16H,1-2H3. The molecule has 0 heterocycles. The lowest BCUT2D eigenvalue weighted by molar-refractivity contribution is -0.0425. The number of aliphatic hydroxyl groups is 1. The molecule has 0 saturated carbocycles. The third kappa shape index (κ3) is 3.86. The number of nitriles is 1. The Morgan fingerprint density at radius 3 is 2.47 bits per heavy atom. The van der Waals surface area contributed by atoms with Gasteiger partial charge in [-0.05, 0) is 26.0 Å². The Kier molecular flexibility index (Phi) is 5.23. The molecule has 5 heteroatoms. The van der Waals surface area contributed by atoms with Crippen molar-refractivity contribution in [2.45, 2.75) is 32.2 Å². The number of rotatable bonds is 4. The number of hydrogen-bond acceptors (Lipinski definition) is 3. The molecule has 0 aromatic heterocycles. The van der Waals surface area contributed by atoms with Crippen molar-refractivity contribution in [3.8, 4) is 6.07 Å². The maximum Gasteiger partial charge on any atom is 0.170 e. The van der Waals surface area contributed by atoms with Crippen molar-refractivity contribution in [3.05, 3.63) is 33.8 Å². The van der Waals surface area contributed by atoms with Crippen LogP contribution in [0.5, 0.6) is 0 Å². The van der Waals surface area contributed by atoms with Gasteiger partial charge in [0.05, 0.1) is 18.3 Å². The Morgan fingerprint density at radius 2 is 2.00 bits per heavy atom. The normalized spacial score (nSPS) is 16.0. The number of halogens is 2. The molecule has 17 heavy (non-hydrogen) atoms. The molecule has 0 fully saturated rings. The molecule has 1 aromatic carbocycles. The van der Waals surface area contributed by atoms with Crippen molar-refractivity contribution in [3.63, 3.8) is 0 Å². The number of aliphatic hydroxyl groups excluding tert-OH is 1. The zero-order valence-corrected chi connectivity index (χ0v) is 11.0. The molecule has 0 aliphatic heterocycles. The van der Waals surface area contributed by atoms with Gasteiger partial charge in [0, 0.05) is 15.6 Å². The van der Waals surface area contributed by atoms with E-state index in [-0.39, 0.29) is 0 Å². The van der Waals surface area contributed by atoms with E-state index in [1.165, 1.54) is 0 Å². The lowest BCUT2D eigenvalue weighted by Crippen LogP contribution is -2.24. The highest BCUT2D eigenvalue weighted by molar-refractivity contribution is 6.35. The Morgan fingerprint density at radius 1 is 1.35 bits per heavy atom. The quantitative estimate of drug-likeness (QED) is 0.916. The molecule has 1 aromatic rings. The highest BCUT2D eigenvalue weighted by atomic mass is 35.5. The van der Waals surface area contributed by atoms with Gasteiger partial charge in [0.15, 0.2) is 6.10 Å². The molecule has 0 saturated heterocycles. The van der Waals surface area contributed by atoms with E-state index in [2.05, 4.69) is 0 Å². The molecule has 0 bridgehead atoms. The average molecular weight is 274 g/mol. The van der Waals surface area contributed by atoms with Crippen LogP contribution in [-0.2, 0) is 4.74 Å². The van der Waals surface area contributed by atoms with Gasteiger partial charge < -0.3 is 9.84 Å². The lowest BCUT2D eigenvalue weighted by atomic mass is 10.1. The van der Waals surface area contributed by atoms with Gasteiger partial charge in [0.25, 0.3) is 0 Å². The van der Waals surface area contributed by atoms with Crippen LogP contribution in [-0.4, -0.2) is 17.3 Å². The predicted molar refractivity (Wildman–Crippen MR) is 67.0 cm³/mol. The molecule has 3 atom stereocenters. The summed E-state index contributed by atoms with van der Waals surface area (Å²) in [6, 6.07) is 6.85. The first kappa shape index (κ1) is 14.3. The molecule has 0 aliphatic carbocycles. The summed E-state index contributed by atoms with van der Waals surface area (Å²) < 4.78 is 5.43. The Balaban J connectivity index is 2.91. The van der Waals surface area contributed by atoms with E-state index < -0.39 is 18.3 Å². The second-order valence-electron chi connectivity index (χ2n) is 3.76. The van der Waals surface area contributed by atoms with Crippen molar-refractivity contribution in [2.24, 2.45) is 0 Å². The number of nitrogens with zero attached hydrogens (tertiary/aromatic N) is 1. The van der Waals surface area contributed by atoms with Crippen molar-refractivity contribution in [2.75, 3.05) is 0 Å². The summed E-state index contributed by atoms with van der Waals surface area (Å²) in [6.07, 6.45) is -1.92. The summed E-state index contributed by atoms with van der Waals surface area (Å²) in [6.45, 7) is 3.29. The minimum Gasteiger partial charge on any atom is -0.391 e. The first-order valence-corrected chi connectivity index (χ1v) is 5.89. The van der Waals surface area contributed by atoms with Gasteiger partial charge in [-0.1, -0.05) is 29.3 Å². The van der Waals surface area contributed by atoms with E-state index >= 15 is 0 Å². The summed E-state index contributed by atoms with van der Waals surface area (Å²) in [5.41, 5.74) is 0.547. The molecular weight excluding hydrogens is 261 g/mol. The molecule has 3 nitrogen and oxygen atoms in total. The summed E-state index contributed by atoms with van der Waals surface area (Å²) in [5, 5.41) is 19.3. The highest BCUT2D eigenvalue weighted by Crippen LogP contribution is 2.29. The van der Waals surface area contributed by atoms with E-state index in [0.717, 1.165) is 0 Å². The fraction of sp³-hybridized carbons (Fsp3) is 0.417. The first-order valence-electron chi connectivity index (χ1n) is 5.13. The predicted octanol–water partition coefficient (Wildman–Crippen LogP) is 3.34. The molecule has 1 rings (SSSR count). The van der Waals surface area contributed by atoms with Gasteiger partial charge in [0.2, 0.25) is 0 Å². The van der Waals surface area contributed by atoms with Crippen LogP contribution in [0.3, 0.4) is 0 Å². The molecule has 3 unspecified atom stereocenters. The topological polar surface area (TPSA) is 53.2 Å². The van der Waals surface area contributed by atoms with Crippen LogP contribution in [0.1, 0.15) is 25.5 Å². The first-order chi connectivity index (χ1) is 7.95. The average Bonchev–Trinajstić information content (AvgIpc) is 2.26. The molecule has 0 aliphatic rings. The van der Waals surface area contributed by atoms with Gasteiger partial charge in [0.1, 0.15) is 0 Å². The van der Waals surface area contributed by atoms with Gasteiger partial charge in [-0.25, -0.2) is 0 Å². The van der Waals surface area contributed by atoms with E-state index in [1.54, 1.807) is 32.0 Å². The van der Waals surface area contributed by atoms with Gasteiger partial charge in [-0.2, -0.15) is 5.26 Å². The van der Waals surface area contributed by atoms with E-state index in [1.807, 2.05) is 6.07 Å². The molecule has 0 radical (unpaired) electrons. The van der Waals surface area contributed by atoms with Gasteiger partial charge >= 0.3 is 0 Å². The summed E-state index contributed by atoms with van der Waals surface area (Å²) in [7, 11) is 0. The zero-order valence-electron chi connectivity index (χ0n) is 9.52. The largest absolute Gasteiger partial charge is 0.391 e. The van der Waals surface area contributed by atoms with Crippen LogP contribution in [0.15, 0.2) is 18.2 Å². The second-order valence-corrected chi connectivity index (χ2v) is 4.60. The van der Waals surface area contributed by atoms with Crippen molar-refractivity contribution in [1.29, 1.82) is 5.26 Å². The molecule has 1 N–H and O–H groups in total. The maximum atomic E-state index is 9.34. The number of ether oxygens (including phenoxy) is 1. The van der Waals surface area contributed by atoms with Crippen LogP contribution in [0.2, 0.25) is 10.0 Å². The Hall–Kier alpha value is -0.790. The smallest absolute Gasteiger partial charge is 0.170 e. The minimum atomic E-state index is -0.815. The zero-order chi connectivity index (χ0) is 13.0. The van der Waals surface area contributed by atoms with Gasteiger partial charge in [-0.3, -0.25) is 0 Å². The highest BCUT2D eigenvalue weighted by Gasteiger charge is 2.20. The number of benzene rings is 1. The van der Waals surface area contributed by atoms with Crippen LogP contribution in [0.4, 0.5) is 0 Å². The second kappa shape index (κ2) is 6.23. The van der Waals surface area contributed by atoms with Crippen molar-refractivity contribution < 1.29 is 9.84 Å². The van der Waals surface area contributed by atoms with E-state index in [9.17, 15) is 5.11 Å². The van der Waals surface area contributed by atoms with Crippen LogP contribution in [0, 0.1) is 11.3 Å². The van der Waals surface area contributed by atoms with Crippen LogP contribution in [0.25, 0.3) is 0 Å². The summed E-state index contributed by atoms with van der Waals surface area (Å²) in [4.78, 5) is 0. The SMILES string of the molecule is CC(O)C(C)OC(C#N)c1ccc(Cl)cc1Cl.